The van der Waals surface area contributed by atoms with E-state index in [-0.39, 0.29) is 11.9 Å². The van der Waals surface area contributed by atoms with Crippen molar-refractivity contribution >= 4 is 44.3 Å². The molecule has 1 aliphatic rings. The van der Waals surface area contributed by atoms with Crippen LogP contribution in [0.4, 0.5) is 0 Å². The number of aryl methyl sites for hydroxylation is 1. The molecular weight excluding hydrogens is 483 g/mol. The zero-order valence-electron chi connectivity index (χ0n) is 13.4. The van der Waals surface area contributed by atoms with Gasteiger partial charge in [0.15, 0.2) is 5.78 Å². The SMILES string of the molecule is CCc1ccc(C(=O)c2cc(I)c(OC3CCOC3)cc2Br)cc1. The van der Waals surface area contributed by atoms with Gasteiger partial charge in [0, 0.05) is 22.0 Å². The average Bonchev–Trinajstić information content (AvgIpc) is 3.10. The van der Waals surface area contributed by atoms with Crippen molar-refractivity contribution in [2.45, 2.75) is 25.9 Å². The maximum Gasteiger partial charge on any atom is 0.194 e. The second-order valence-electron chi connectivity index (χ2n) is 5.75. The highest BCUT2D eigenvalue weighted by Gasteiger charge is 2.21. The fourth-order valence-corrected chi connectivity index (χ4v) is 3.72. The Hall–Kier alpha value is -0.920. The van der Waals surface area contributed by atoms with E-state index in [0.717, 1.165) is 33.2 Å². The zero-order chi connectivity index (χ0) is 17.1. The Morgan fingerprint density at radius 2 is 2.08 bits per heavy atom. The summed E-state index contributed by atoms with van der Waals surface area (Å²) in [6.07, 6.45) is 1.96. The smallest absolute Gasteiger partial charge is 0.194 e. The Kier molecular flexibility index (Phi) is 5.94. The lowest BCUT2D eigenvalue weighted by Gasteiger charge is -2.15. The highest BCUT2D eigenvalue weighted by molar-refractivity contribution is 14.1. The maximum atomic E-state index is 12.8. The number of ether oxygens (including phenoxy) is 2. The molecule has 1 aliphatic heterocycles. The van der Waals surface area contributed by atoms with Crippen molar-refractivity contribution in [3.63, 3.8) is 0 Å². The van der Waals surface area contributed by atoms with Crippen LogP contribution in [-0.4, -0.2) is 25.1 Å². The summed E-state index contributed by atoms with van der Waals surface area (Å²) in [5.74, 6) is 0.800. The minimum absolute atomic E-state index is 0.0122. The van der Waals surface area contributed by atoms with Gasteiger partial charge < -0.3 is 9.47 Å². The van der Waals surface area contributed by atoms with Crippen molar-refractivity contribution in [3.05, 3.63) is 61.1 Å². The van der Waals surface area contributed by atoms with Gasteiger partial charge in [-0.2, -0.15) is 0 Å². The topological polar surface area (TPSA) is 35.5 Å². The minimum atomic E-state index is 0.0122. The molecule has 1 saturated heterocycles. The quantitative estimate of drug-likeness (QED) is 0.427. The Labute approximate surface area is 164 Å². The van der Waals surface area contributed by atoms with E-state index < -0.39 is 0 Å². The van der Waals surface area contributed by atoms with Gasteiger partial charge in [-0.25, -0.2) is 0 Å². The summed E-state index contributed by atoms with van der Waals surface area (Å²) in [6, 6.07) is 11.6. The molecule has 0 spiro atoms. The fourth-order valence-electron chi connectivity index (χ4n) is 2.63. The van der Waals surface area contributed by atoms with Crippen molar-refractivity contribution in [1.29, 1.82) is 0 Å². The van der Waals surface area contributed by atoms with E-state index in [1.807, 2.05) is 36.4 Å². The van der Waals surface area contributed by atoms with Gasteiger partial charge in [-0.3, -0.25) is 4.79 Å². The van der Waals surface area contributed by atoms with Crippen LogP contribution in [0.3, 0.4) is 0 Å². The Morgan fingerprint density at radius 3 is 2.71 bits per heavy atom. The molecule has 0 saturated carbocycles. The number of benzene rings is 2. The third kappa shape index (κ3) is 4.00. The maximum absolute atomic E-state index is 12.8. The molecular formula is C19H18BrIO3. The fraction of sp³-hybridized carbons (Fsp3) is 0.316. The number of carbonyl (C=O) groups is 1. The number of halogens is 2. The number of ketones is 1. The first-order valence-corrected chi connectivity index (χ1v) is 9.82. The van der Waals surface area contributed by atoms with Gasteiger partial charge in [0.25, 0.3) is 0 Å². The lowest BCUT2D eigenvalue weighted by molar-refractivity contribution is 0.103. The van der Waals surface area contributed by atoms with Crippen LogP contribution >= 0.6 is 38.5 Å². The molecule has 2 aromatic rings. The Morgan fingerprint density at radius 1 is 1.33 bits per heavy atom. The van der Waals surface area contributed by atoms with Crippen molar-refractivity contribution in [2.75, 3.05) is 13.2 Å². The molecule has 3 nitrogen and oxygen atoms in total. The first-order chi connectivity index (χ1) is 11.6. The van der Waals surface area contributed by atoms with Crippen molar-refractivity contribution in [2.24, 2.45) is 0 Å². The summed E-state index contributed by atoms with van der Waals surface area (Å²) < 4.78 is 13.0. The summed E-state index contributed by atoms with van der Waals surface area (Å²) in [4.78, 5) is 12.8. The van der Waals surface area contributed by atoms with Gasteiger partial charge in [0.2, 0.25) is 0 Å². The number of carbonyl (C=O) groups excluding carboxylic acids is 1. The van der Waals surface area contributed by atoms with Crippen LogP contribution in [-0.2, 0) is 11.2 Å². The van der Waals surface area contributed by atoms with E-state index in [4.69, 9.17) is 9.47 Å². The molecule has 2 aromatic carbocycles. The van der Waals surface area contributed by atoms with Crippen LogP contribution in [0.25, 0.3) is 0 Å². The van der Waals surface area contributed by atoms with Crippen LogP contribution in [0.1, 0.15) is 34.8 Å². The second kappa shape index (κ2) is 7.97. The average molecular weight is 501 g/mol. The molecule has 0 aromatic heterocycles. The summed E-state index contributed by atoms with van der Waals surface area (Å²) in [5.41, 5.74) is 2.57. The van der Waals surface area contributed by atoms with E-state index >= 15 is 0 Å². The normalized spacial score (nSPS) is 17.0. The molecule has 1 fully saturated rings. The van der Waals surface area contributed by atoms with Crippen LogP contribution in [0.15, 0.2) is 40.9 Å². The molecule has 3 rings (SSSR count). The molecule has 0 amide bonds. The third-order valence-electron chi connectivity index (χ3n) is 4.07. The van der Waals surface area contributed by atoms with Gasteiger partial charge in [0.1, 0.15) is 11.9 Å². The van der Waals surface area contributed by atoms with E-state index in [1.54, 1.807) is 0 Å². The molecule has 1 heterocycles. The first kappa shape index (κ1) is 17.9. The molecule has 1 unspecified atom stereocenters. The standard InChI is InChI=1S/C19H18BrIO3/c1-2-12-3-5-13(6-4-12)19(22)15-9-17(21)18(10-16(15)20)24-14-7-8-23-11-14/h3-6,9-10,14H,2,7-8,11H2,1H3. The molecule has 0 radical (unpaired) electrons. The van der Waals surface area contributed by atoms with Crippen molar-refractivity contribution in [3.8, 4) is 5.75 Å². The number of hydrogen-bond donors (Lipinski definition) is 0. The van der Waals surface area contributed by atoms with E-state index in [1.165, 1.54) is 5.56 Å². The lowest BCUT2D eigenvalue weighted by Crippen LogP contribution is -2.16. The molecule has 126 valence electrons. The zero-order valence-corrected chi connectivity index (χ0v) is 17.1. The Balaban J connectivity index is 1.84. The summed E-state index contributed by atoms with van der Waals surface area (Å²) in [7, 11) is 0. The number of hydrogen-bond acceptors (Lipinski definition) is 3. The van der Waals surface area contributed by atoms with Crippen molar-refractivity contribution < 1.29 is 14.3 Å². The van der Waals surface area contributed by atoms with Gasteiger partial charge in [-0.05, 0) is 62.6 Å². The van der Waals surface area contributed by atoms with Crippen LogP contribution < -0.4 is 4.74 Å². The molecule has 1 atom stereocenters. The highest BCUT2D eigenvalue weighted by Crippen LogP contribution is 2.32. The molecule has 0 bridgehead atoms. The van der Waals surface area contributed by atoms with Crippen molar-refractivity contribution in [1.82, 2.24) is 0 Å². The van der Waals surface area contributed by atoms with Gasteiger partial charge in [0.05, 0.1) is 16.8 Å². The molecule has 0 aliphatic carbocycles. The van der Waals surface area contributed by atoms with Crippen LogP contribution in [0.5, 0.6) is 5.75 Å². The van der Waals surface area contributed by atoms with Crippen LogP contribution in [0, 0.1) is 3.57 Å². The van der Waals surface area contributed by atoms with E-state index in [0.29, 0.717) is 17.7 Å². The first-order valence-electron chi connectivity index (χ1n) is 7.95. The van der Waals surface area contributed by atoms with Gasteiger partial charge >= 0.3 is 0 Å². The van der Waals surface area contributed by atoms with Gasteiger partial charge in [-0.1, -0.05) is 31.2 Å². The predicted octanol–water partition coefficient (Wildman–Crippen LogP) is 5.01. The summed E-state index contributed by atoms with van der Waals surface area (Å²) in [6.45, 7) is 3.47. The highest BCUT2D eigenvalue weighted by atomic mass is 127. The van der Waals surface area contributed by atoms with E-state index in [9.17, 15) is 4.79 Å². The summed E-state index contributed by atoms with van der Waals surface area (Å²) >= 11 is 5.74. The van der Waals surface area contributed by atoms with E-state index in [2.05, 4.69) is 45.4 Å². The molecule has 0 N–H and O–H groups in total. The minimum Gasteiger partial charge on any atom is -0.487 e. The summed E-state index contributed by atoms with van der Waals surface area (Å²) in [5, 5.41) is 0. The van der Waals surface area contributed by atoms with Crippen LogP contribution in [0.2, 0.25) is 0 Å². The lowest BCUT2D eigenvalue weighted by atomic mass is 10.0. The number of rotatable bonds is 5. The van der Waals surface area contributed by atoms with Gasteiger partial charge in [-0.15, -0.1) is 0 Å². The molecule has 5 heteroatoms. The third-order valence-corrected chi connectivity index (χ3v) is 5.57. The monoisotopic (exact) mass is 500 g/mol. The largest absolute Gasteiger partial charge is 0.487 e. The Bertz CT molecular complexity index is 737. The second-order valence-corrected chi connectivity index (χ2v) is 7.76. The molecule has 24 heavy (non-hydrogen) atoms. The predicted molar refractivity (Wildman–Crippen MR) is 106 cm³/mol.